The van der Waals surface area contributed by atoms with Gasteiger partial charge in [-0.05, 0) is 0 Å². The maximum Gasteiger partial charge on any atom is 0.152 e. The molecular formula is C8H16O8. The third-order valence-corrected chi connectivity index (χ3v) is 1.33. The quantitative estimate of drug-likeness (QED) is 0.576. The maximum absolute atomic E-state index is 4.92. The molecule has 1 fully saturated rings. The second-order valence-electron chi connectivity index (χ2n) is 2.58. The van der Waals surface area contributed by atoms with Gasteiger partial charge in [0.2, 0.25) is 0 Å². The molecule has 1 aliphatic heterocycles. The molecule has 1 heterocycles. The van der Waals surface area contributed by atoms with Crippen molar-refractivity contribution in [1.29, 1.82) is 0 Å². The van der Waals surface area contributed by atoms with Gasteiger partial charge < -0.3 is 37.9 Å². The maximum atomic E-state index is 4.92. The summed E-state index contributed by atoms with van der Waals surface area (Å²) in [6.45, 7) is 0.611. The fraction of sp³-hybridized carbons (Fsp3) is 1.00. The van der Waals surface area contributed by atoms with Crippen molar-refractivity contribution in [2.24, 2.45) is 0 Å². The van der Waals surface area contributed by atoms with E-state index in [1.54, 1.807) is 0 Å². The summed E-state index contributed by atoms with van der Waals surface area (Å²) in [6.07, 6.45) is 0. The molecule has 0 N–H and O–H groups in total. The minimum Gasteiger partial charge on any atom is -0.329 e. The lowest BCUT2D eigenvalue weighted by Gasteiger charge is -2.10. The van der Waals surface area contributed by atoms with Crippen molar-refractivity contribution in [2.45, 2.75) is 0 Å². The zero-order valence-corrected chi connectivity index (χ0v) is 8.92. The topological polar surface area (TPSA) is 73.8 Å². The van der Waals surface area contributed by atoms with Crippen molar-refractivity contribution in [2.75, 3.05) is 54.3 Å². The van der Waals surface area contributed by atoms with Gasteiger partial charge in [0.1, 0.15) is 0 Å². The molecule has 1 aliphatic rings. The predicted molar refractivity (Wildman–Crippen MR) is 47.6 cm³/mol. The van der Waals surface area contributed by atoms with E-state index in [9.17, 15) is 0 Å². The number of hydrogen-bond donors (Lipinski definition) is 0. The number of hydrogen-bond acceptors (Lipinski definition) is 8. The van der Waals surface area contributed by atoms with Gasteiger partial charge in [0.25, 0.3) is 0 Å². The highest BCUT2D eigenvalue weighted by Gasteiger charge is 1.94. The van der Waals surface area contributed by atoms with Crippen molar-refractivity contribution in [1.82, 2.24) is 0 Å². The third kappa shape index (κ3) is 8.95. The monoisotopic (exact) mass is 240 g/mol. The Bertz CT molecular complexity index is 80.0. The van der Waals surface area contributed by atoms with Gasteiger partial charge in [0, 0.05) is 0 Å². The Hall–Kier alpha value is -0.320. The fourth-order valence-corrected chi connectivity index (χ4v) is 0.744. The summed E-state index contributed by atoms with van der Waals surface area (Å²) in [5, 5.41) is 0. The van der Waals surface area contributed by atoms with Crippen LogP contribution in [-0.2, 0) is 37.9 Å². The molecule has 8 nitrogen and oxygen atoms in total. The molecule has 0 atom stereocenters. The molecular weight excluding hydrogens is 224 g/mol. The molecule has 8 heteroatoms. The largest absolute Gasteiger partial charge is 0.329 e. The molecule has 0 amide bonds. The predicted octanol–water partition coefficient (Wildman–Crippen LogP) is -0.207. The second-order valence-corrected chi connectivity index (χ2v) is 2.58. The summed E-state index contributed by atoms with van der Waals surface area (Å²) in [5.74, 6) is 0. The smallest absolute Gasteiger partial charge is 0.152 e. The molecule has 0 aromatic heterocycles. The Balaban J connectivity index is 2.00. The molecule has 16 heavy (non-hydrogen) atoms. The van der Waals surface area contributed by atoms with Crippen LogP contribution in [0.1, 0.15) is 0 Å². The van der Waals surface area contributed by atoms with E-state index in [0.717, 1.165) is 0 Å². The van der Waals surface area contributed by atoms with Gasteiger partial charge in [-0.2, -0.15) is 0 Å². The summed E-state index contributed by atoms with van der Waals surface area (Å²) in [4.78, 5) is 0. The van der Waals surface area contributed by atoms with Gasteiger partial charge >= 0.3 is 0 Å². The highest BCUT2D eigenvalue weighted by Crippen LogP contribution is 1.88. The van der Waals surface area contributed by atoms with Crippen LogP contribution in [0.5, 0.6) is 0 Å². The molecule has 0 aromatic rings. The van der Waals surface area contributed by atoms with Crippen LogP contribution in [0.4, 0.5) is 0 Å². The van der Waals surface area contributed by atoms with Crippen LogP contribution in [0.2, 0.25) is 0 Å². The highest BCUT2D eigenvalue weighted by atomic mass is 16.8. The molecule has 0 aliphatic carbocycles. The zero-order valence-electron chi connectivity index (χ0n) is 8.92. The first-order valence-corrected chi connectivity index (χ1v) is 4.62. The van der Waals surface area contributed by atoms with E-state index in [0.29, 0.717) is 0 Å². The average Bonchev–Trinajstić information content (AvgIpc) is 2.29. The van der Waals surface area contributed by atoms with Crippen molar-refractivity contribution >= 4 is 0 Å². The lowest BCUT2D eigenvalue weighted by Crippen LogP contribution is -2.14. The van der Waals surface area contributed by atoms with Crippen LogP contribution in [0, 0.1) is 0 Å². The van der Waals surface area contributed by atoms with Gasteiger partial charge in [-0.25, -0.2) is 0 Å². The molecule has 0 aromatic carbocycles. The van der Waals surface area contributed by atoms with E-state index in [4.69, 9.17) is 37.9 Å². The lowest BCUT2D eigenvalue weighted by molar-refractivity contribution is -0.246. The minimum absolute atomic E-state index is 0.0764. The minimum atomic E-state index is 0.0764. The summed E-state index contributed by atoms with van der Waals surface area (Å²) in [7, 11) is 0. The zero-order chi connectivity index (χ0) is 11.3. The molecule has 1 rings (SSSR count). The first-order valence-electron chi connectivity index (χ1n) is 4.62. The average molecular weight is 240 g/mol. The van der Waals surface area contributed by atoms with Crippen LogP contribution in [-0.4, -0.2) is 54.3 Å². The fourth-order valence-electron chi connectivity index (χ4n) is 0.744. The Morgan fingerprint density at radius 2 is 0.375 bits per heavy atom. The Labute approximate surface area is 93.2 Å². The van der Waals surface area contributed by atoms with Gasteiger partial charge in [0.05, 0.1) is 0 Å². The molecule has 0 unspecified atom stereocenters. The molecule has 96 valence electrons. The standard InChI is InChI=1S/C8H16O8/c1-9-2-11-4-13-6-15-8-16-7-14-5-12-3-10-1/h1-8H2. The van der Waals surface area contributed by atoms with Gasteiger partial charge in [-0.1, -0.05) is 0 Å². The number of ether oxygens (including phenoxy) is 8. The molecule has 0 saturated carbocycles. The van der Waals surface area contributed by atoms with E-state index in [-0.39, 0.29) is 54.3 Å². The van der Waals surface area contributed by atoms with Crippen molar-refractivity contribution in [3.63, 3.8) is 0 Å². The summed E-state index contributed by atoms with van der Waals surface area (Å²) in [6, 6.07) is 0. The third-order valence-electron chi connectivity index (χ3n) is 1.33. The molecule has 0 spiro atoms. The van der Waals surface area contributed by atoms with Crippen LogP contribution in [0.25, 0.3) is 0 Å². The Kier molecular flexibility index (Phi) is 9.60. The van der Waals surface area contributed by atoms with Crippen LogP contribution >= 0.6 is 0 Å². The van der Waals surface area contributed by atoms with Crippen molar-refractivity contribution < 1.29 is 37.9 Å². The summed E-state index contributed by atoms with van der Waals surface area (Å²) < 4.78 is 39.4. The SMILES string of the molecule is C1OCOCOCOCOCOCOCO1. The van der Waals surface area contributed by atoms with Crippen LogP contribution in [0.15, 0.2) is 0 Å². The second kappa shape index (κ2) is 11.2. The van der Waals surface area contributed by atoms with Gasteiger partial charge in [-0.15, -0.1) is 0 Å². The van der Waals surface area contributed by atoms with E-state index in [1.807, 2.05) is 0 Å². The van der Waals surface area contributed by atoms with E-state index < -0.39 is 0 Å². The van der Waals surface area contributed by atoms with E-state index in [2.05, 4.69) is 0 Å². The first kappa shape index (κ1) is 13.7. The Morgan fingerprint density at radius 3 is 0.500 bits per heavy atom. The number of rotatable bonds is 0. The van der Waals surface area contributed by atoms with Gasteiger partial charge in [0.15, 0.2) is 54.3 Å². The molecule has 0 bridgehead atoms. The van der Waals surface area contributed by atoms with Crippen molar-refractivity contribution in [3.05, 3.63) is 0 Å². The van der Waals surface area contributed by atoms with Crippen molar-refractivity contribution in [3.8, 4) is 0 Å². The summed E-state index contributed by atoms with van der Waals surface area (Å²) >= 11 is 0. The Morgan fingerprint density at radius 1 is 0.250 bits per heavy atom. The van der Waals surface area contributed by atoms with Crippen LogP contribution in [0.3, 0.4) is 0 Å². The van der Waals surface area contributed by atoms with E-state index >= 15 is 0 Å². The highest BCUT2D eigenvalue weighted by molar-refractivity contribution is 4.10. The molecule has 1 saturated heterocycles. The normalized spacial score (nSPS) is 24.0. The molecule has 0 radical (unpaired) electrons. The van der Waals surface area contributed by atoms with Crippen LogP contribution < -0.4 is 0 Å². The van der Waals surface area contributed by atoms with E-state index in [1.165, 1.54) is 0 Å². The summed E-state index contributed by atoms with van der Waals surface area (Å²) in [5.41, 5.74) is 0. The van der Waals surface area contributed by atoms with Gasteiger partial charge in [-0.3, -0.25) is 0 Å². The first-order chi connectivity index (χ1) is 8.00. The lowest BCUT2D eigenvalue weighted by atomic mass is 11.2.